The smallest absolute Gasteiger partial charge is 0.307 e. The molecule has 140 valence electrons. The van der Waals surface area contributed by atoms with Crippen LogP contribution >= 0.6 is 0 Å². The highest BCUT2D eigenvalue weighted by Gasteiger charge is 2.07. The average Bonchev–Trinajstić information content (AvgIpc) is 2.62. The van der Waals surface area contributed by atoms with Crippen molar-refractivity contribution in [3.05, 3.63) is 36.7 Å². The van der Waals surface area contributed by atoms with E-state index in [0.717, 1.165) is 18.6 Å². The number of hydrogen-bond acceptors (Lipinski definition) is 3. The van der Waals surface area contributed by atoms with Crippen molar-refractivity contribution in [1.29, 1.82) is 0 Å². The Morgan fingerprint density at radius 2 is 1.92 bits per heavy atom. The fourth-order valence-electron chi connectivity index (χ4n) is 2.77. The van der Waals surface area contributed by atoms with E-state index in [1.54, 1.807) is 18.5 Å². The molecule has 0 aliphatic rings. The van der Waals surface area contributed by atoms with Gasteiger partial charge in [-0.2, -0.15) is 0 Å². The molecule has 25 heavy (non-hydrogen) atoms. The second kappa shape index (κ2) is 14.5. The Labute approximate surface area is 152 Å². The summed E-state index contributed by atoms with van der Waals surface area (Å²) >= 11 is 0. The first-order valence-corrected chi connectivity index (χ1v) is 9.63. The van der Waals surface area contributed by atoms with Crippen LogP contribution in [0.2, 0.25) is 0 Å². The third-order valence-electron chi connectivity index (χ3n) is 4.23. The summed E-state index contributed by atoms with van der Waals surface area (Å²) in [5, 5.41) is 8.78. The number of carboxylic acid groups (broad SMARTS) is 1. The van der Waals surface area contributed by atoms with Gasteiger partial charge in [-0.3, -0.25) is 9.78 Å². The summed E-state index contributed by atoms with van der Waals surface area (Å²) in [7, 11) is 0. The van der Waals surface area contributed by atoms with Crippen molar-refractivity contribution in [3.63, 3.8) is 0 Å². The molecule has 0 saturated carbocycles. The third-order valence-corrected chi connectivity index (χ3v) is 4.23. The minimum Gasteiger partial charge on any atom is -0.491 e. The van der Waals surface area contributed by atoms with Crippen molar-refractivity contribution in [3.8, 4) is 5.75 Å². The summed E-state index contributed by atoms with van der Waals surface area (Å²) in [6.45, 7) is 2.81. The Morgan fingerprint density at radius 3 is 2.56 bits per heavy atom. The third kappa shape index (κ3) is 12.2. The molecule has 0 spiro atoms. The molecule has 1 rings (SSSR count). The maximum atomic E-state index is 10.7. The minimum absolute atomic E-state index is 0.0703. The van der Waals surface area contributed by atoms with Crippen molar-refractivity contribution in [2.45, 2.75) is 71.1 Å². The number of rotatable bonds is 15. The van der Waals surface area contributed by atoms with Gasteiger partial charge >= 0.3 is 5.97 Å². The predicted molar refractivity (Wildman–Crippen MR) is 102 cm³/mol. The lowest BCUT2D eigenvalue weighted by Crippen LogP contribution is -2.10. The molecule has 4 heteroatoms. The van der Waals surface area contributed by atoms with Crippen LogP contribution in [-0.4, -0.2) is 22.7 Å². The Balaban J connectivity index is 2.27. The number of nitrogens with zero attached hydrogens (tertiary/aromatic N) is 1. The summed E-state index contributed by atoms with van der Waals surface area (Å²) in [4.78, 5) is 14.7. The van der Waals surface area contributed by atoms with Gasteiger partial charge in [-0.25, -0.2) is 0 Å². The van der Waals surface area contributed by atoms with Gasteiger partial charge in [0.25, 0.3) is 0 Å². The van der Waals surface area contributed by atoms with Crippen LogP contribution < -0.4 is 4.74 Å². The van der Waals surface area contributed by atoms with E-state index in [0.29, 0.717) is 6.61 Å². The molecule has 0 saturated heterocycles. The maximum Gasteiger partial charge on any atom is 0.307 e. The van der Waals surface area contributed by atoms with E-state index in [9.17, 15) is 4.79 Å². The maximum absolute atomic E-state index is 10.7. The van der Waals surface area contributed by atoms with Crippen LogP contribution in [0.5, 0.6) is 5.75 Å². The van der Waals surface area contributed by atoms with Gasteiger partial charge < -0.3 is 9.84 Å². The normalized spacial score (nSPS) is 12.4. The van der Waals surface area contributed by atoms with Gasteiger partial charge in [0.1, 0.15) is 5.75 Å². The molecule has 0 aromatic carbocycles. The quantitative estimate of drug-likeness (QED) is 0.329. The fourth-order valence-corrected chi connectivity index (χ4v) is 2.77. The molecule has 1 N–H and O–H groups in total. The lowest BCUT2D eigenvalue weighted by Gasteiger charge is -2.14. The summed E-state index contributed by atoms with van der Waals surface area (Å²) in [6.07, 6.45) is 18.6. The average molecular weight is 347 g/mol. The zero-order valence-corrected chi connectivity index (χ0v) is 15.5. The highest BCUT2D eigenvalue weighted by molar-refractivity contribution is 5.68. The van der Waals surface area contributed by atoms with Crippen LogP contribution in [0.1, 0.15) is 71.1 Å². The van der Waals surface area contributed by atoms with Gasteiger partial charge in [0.05, 0.1) is 19.2 Å². The second-order valence-corrected chi connectivity index (χ2v) is 6.55. The molecule has 0 fully saturated rings. The molecule has 0 aliphatic heterocycles. The molecule has 4 nitrogen and oxygen atoms in total. The van der Waals surface area contributed by atoms with Gasteiger partial charge in [0, 0.05) is 12.1 Å². The summed E-state index contributed by atoms with van der Waals surface area (Å²) in [5.74, 6) is 0.213. The number of hydrogen-bond donors (Lipinski definition) is 1. The van der Waals surface area contributed by atoms with Gasteiger partial charge in [-0.1, -0.05) is 70.4 Å². The van der Waals surface area contributed by atoms with Gasteiger partial charge in [-0.15, -0.1) is 0 Å². The predicted octanol–water partition coefficient (Wildman–Crippen LogP) is 5.64. The van der Waals surface area contributed by atoms with Crippen LogP contribution in [0, 0.1) is 5.92 Å². The number of aliphatic carboxylic acids is 1. The lowest BCUT2D eigenvalue weighted by atomic mass is 9.99. The van der Waals surface area contributed by atoms with Crippen molar-refractivity contribution in [2.24, 2.45) is 5.92 Å². The van der Waals surface area contributed by atoms with E-state index in [-0.39, 0.29) is 12.3 Å². The van der Waals surface area contributed by atoms with Crippen LogP contribution in [-0.2, 0) is 4.79 Å². The molecule has 1 aromatic heterocycles. The number of unbranched alkanes of at least 4 members (excludes halogenated alkanes) is 7. The summed E-state index contributed by atoms with van der Waals surface area (Å²) in [5.41, 5.74) is 0. The molecule has 1 heterocycles. The lowest BCUT2D eigenvalue weighted by molar-refractivity contribution is -0.136. The number of ether oxygens (including phenoxy) is 1. The molecule has 0 radical (unpaired) electrons. The van der Waals surface area contributed by atoms with E-state index in [1.807, 2.05) is 18.2 Å². The van der Waals surface area contributed by atoms with Gasteiger partial charge in [0.15, 0.2) is 0 Å². The van der Waals surface area contributed by atoms with E-state index >= 15 is 0 Å². The monoisotopic (exact) mass is 347 g/mol. The van der Waals surface area contributed by atoms with Crippen LogP contribution in [0.15, 0.2) is 36.7 Å². The first-order chi connectivity index (χ1) is 12.2. The van der Waals surface area contributed by atoms with Crippen LogP contribution in [0.4, 0.5) is 0 Å². The second-order valence-electron chi connectivity index (χ2n) is 6.55. The Morgan fingerprint density at radius 1 is 1.20 bits per heavy atom. The Kier molecular flexibility index (Phi) is 12.3. The zero-order chi connectivity index (χ0) is 18.2. The largest absolute Gasteiger partial charge is 0.491 e. The highest BCUT2D eigenvalue weighted by Crippen LogP contribution is 2.17. The molecule has 1 atom stereocenters. The molecule has 0 aliphatic carbocycles. The Hall–Kier alpha value is -1.84. The first-order valence-electron chi connectivity index (χ1n) is 9.63. The molecule has 0 amide bonds. The van der Waals surface area contributed by atoms with Crippen LogP contribution in [0.25, 0.3) is 0 Å². The molecular formula is C21H33NO3. The topological polar surface area (TPSA) is 59.4 Å². The number of carbonyl (C=O) groups is 1. The SMILES string of the molecule is CCCCCCCCCCC(/C=C/CC(=O)O)COc1cccnc1. The van der Waals surface area contributed by atoms with E-state index in [2.05, 4.69) is 11.9 Å². The minimum atomic E-state index is -0.796. The van der Waals surface area contributed by atoms with Gasteiger partial charge in [-0.05, 0) is 18.6 Å². The van der Waals surface area contributed by atoms with Crippen molar-refractivity contribution < 1.29 is 14.6 Å². The zero-order valence-electron chi connectivity index (χ0n) is 15.5. The number of carboxylic acids is 1. The first kappa shape index (κ1) is 21.2. The van der Waals surface area contributed by atoms with Gasteiger partial charge in [0.2, 0.25) is 0 Å². The molecule has 0 bridgehead atoms. The van der Waals surface area contributed by atoms with Crippen molar-refractivity contribution >= 4 is 5.97 Å². The molecule has 1 aromatic rings. The standard InChI is InChI=1S/C21H33NO3/c1-2-3-4-5-6-7-8-9-12-19(13-10-15-21(23)24)18-25-20-14-11-16-22-17-20/h10-11,13-14,16-17,19H,2-9,12,15,18H2,1H3,(H,23,24)/b13-10+. The summed E-state index contributed by atoms with van der Waals surface area (Å²) in [6, 6.07) is 3.74. The van der Waals surface area contributed by atoms with Crippen LogP contribution in [0.3, 0.4) is 0 Å². The van der Waals surface area contributed by atoms with E-state index in [1.165, 1.54) is 44.9 Å². The Bertz CT molecular complexity index is 473. The van der Waals surface area contributed by atoms with Crippen molar-refractivity contribution in [2.75, 3.05) is 6.61 Å². The van der Waals surface area contributed by atoms with E-state index in [4.69, 9.17) is 9.84 Å². The number of pyridine rings is 1. The fraction of sp³-hybridized carbons (Fsp3) is 0.619. The van der Waals surface area contributed by atoms with Crippen molar-refractivity contribution in [1.82, 2.24) is 4.98 Å². The summed E-state index contributed by atoms with van der Waals surface area (Å²) < 4.78 is 5.79. The number of aromatic nitrogens is 1. The molecular weight excluding hydrogens is 314 g/mol. The van der Waals surface area contributed by atoms with E-state index < -0.39 is 5.97 Å². The molecule has 1 unspecified atom stereocenters. The highest BCUT2D eigenvalue weighted by atomic mass is 16.5.